The average molecular weight is 366 g/mol. The zero-order chi connectivity index (χ0) is 19.3. The monoisotopic (exact) mass is 366 g/mol. The minimum Gasteiger partial charge on any atom is -0.454 e. The summed E-state index contributed by atoms with van der Waals surface area (Å²) in [6.45, 7) is 5.37. The van der Waals surface area contributed by atoms with E-state index < -0.39 is 5.97 Å². The van der Waals surface area contributed by atoms with Crippen LogP contribution in [0.4, 0.5) is 5.69 Å². The Hall–Kier alpha value is -2.89. The predicted octanol–water partition coefficient (Wildman–Crippen LogP) is 3.54. The first-order valence-corrected chi connectivity index (χ1v) is 9.20. The Morgan fingerprint density at radius 3 is 2.67 bits per heavy atom. The third kappa shape index (κ3) is 3.05. The fraction of sp³-hybridized carbons (Fsp3) is 0.381. The molecule has 1 amide bonds. The third-order valence-electron chi connectivity index (χ3n) is 5.44. The number of aromatic nitrogens is 1. The van der Waals surface area contributed by atoms with Gasteiger partial charge in [-0.2, -0.15) is 0 Å². The summed E-state index contributed by atoms with van der Waals surface area (Å²) in [5, 5.41) is 2.78. The zero-order valence-corrected chi connectivity index (χ0v) is 15.7. The summed E-state index contributed by atoms with van der Waals surface area (Å²) < 4.78 is 7.45. The average Bonchev–Trinajstić information content (AvgIpc) is 3.37. The number of carbonyl (C=O) groups excluding carboxylic acids is 3. The highest BCUT2D eigenvalue weighted by atomic mass is 16.5. The van der Waals surface area contributed by atoms with Crippen molar-refractivity contribution in [1.82, 2.24) is 4.57 Å². The maximum atomic E-state index is 12.5. The van der Waals surface area contributed by atoms with Crippen LogP contribution in [-0.4, -0.2) is 28.8 Å². The van der Waals surface area contributed by atoms with E-state index in [1.807, 2.05) is 19.9 Å². The van der Waals surface area contributed by atoms with Crippen LogP contribution < -0.4 is 5.32 Å². The topological polar surface area (TPSA) is 77.4 Å². The number of fused-ring (bicyclic) bond motifs is 1. The molecular formula is C21H22N2O4. The highest BCUT2D eigenvalue weighted by Crippen LogP contribution is 2.38. The molecule has 6 heteroatoms. The zero-order valence-electron chi connectivity index (χ0n) is 15.7. The fourth-order valence-corrected chi connectivity index (χ4v) is 3.76. The summed E-state index contributed by atoms with van der Waals surface area (Å²) in [7, 11) is 0. The number of Topliss-reactive ketones (excluding diaryl/α,β-unsaturated/α-hetero) is 1. The Labute approximate surface area is 157 Å². The minimum atomic E-state index is -0.477. The van der Waals surface area contributed by atoms with Gasteiger partial charge in [-0.05, 0) is 63.4 Å². The van der Waals surface area contributed by atoms with Crippen LogP contribution in [0.2, 0.25) is 0 Å². The van der Waals surface area contributed by atoms with Crippen LogP contribution in [0.3, 0.4) is 0 Å². The van der Waals surface area contributed by atoms with E-state index in [2.05, 4.69) is 9.88 Å². The van der Waals surface area contributed by atoms with E-state index in [1.54, 1.807) is 25.1 Å². The fourth-order valence-electron chi connectivity index (χ4n) is 3.76. The lowest BCUT2D eigenvalue weighted by atomic mass is 9.99. The second kappa shape index (κ2) is 6.37. The van der Waals surface area contributed by atoms with E-state index in [1.165, 1.54) is 0 Å². The van der Waals surface area contributed by atoms with E-state index in [0.717, 1.165) is 35.5 Å². The molecule has 1 N–H and O–H groups in total. The van der Waals surface area contributed by atoms with Crippen molar-refractivity contribution in [3.63, 3.8) is 0 Å². The van der Waals surface area contributed by atoms with E-state index >= 15 is 0 Å². The van der Waals surface area contributed by atoms with Gasteiger partial charge >= 0.3 is 5.97 Å². The molecule has 6 nitrogen and oxygen atoms in total. The molecule has 0 saturated heterocycles. The van der Waals surface area contributed by atoms with Gasteiger partial charge in [0, 0.05) is 28.7 Å². The molecule has 1 aromatic carbocycles. The first kappa shape index (κ1) is 17.5. The van der Waals surface area contributed by atoms with Crippen LogP contribution in [-0.2, 0) is 9.53 Å². The second-order valence-electron chi connectivity index (χ2n) is 7.40. The van der Waals surface area contributed by atoms with E-state index in [9.17, 15) is 14.4 Å². The van der Waals surface area contributed by atoms with Crippen LogP contribution in [0.1, 0.15) is 69.4 Å². The molecule has 2 heterocycles. The molecule has 4 rings (SSSR count). The van der Waals surface area contributed by atoms with Gasteiger partial charge in [-0.15, -0.1) is 0 Å². The summed E-state index contributed by atoms with van der Waals surface area (Å²) in [6, 6.07) is 7.38. The Morgan fingerprint density at radius 2 is 1.96 bits per heavy atom. The normalized spacial score (nSPS) is 18.2. The molecule has 1 saturated carbocycles. The molecule has 1 aliphatic carbocycles. The first-order valence-electron chi connectivity index (χ1n) is 9.20. The van der Waals surface area contributed by atoms with Crippen LogP contribution in [0.15, 0.2) is 24.3 Å². The smallest absolute Gasteiger partial charge is 0.340 e. The molecule has 27 heavy (non-hydrogen) atoms. The van der Waals surface area contributed by atoms with Gasteiger partial charge in [-0.3, -0.25) is 9.59 Å². The molecular weight excluding hydrogens is 344 g/mol. The Kier molecular flexibility index (Phi) is 4.13. The number of nitrogens with one attached hydrogen (secondary N) is 1. The number of nitrogens with zero attached hydrogens (tertiary/aromatic N) is 1. The number of ether oxygens (including phenoxy) is 1. The lowest BCUT2D eigenvalue weighted by molar-refractivity contribution is -0.116. The summed E-state index contributed by atoms with van der Waals surface area (Å²) in [5.41, 5.74) is 4.41. The van der Waals surface area contributed by atoms with Crippen LogP contribution in [0.25, 0.3) is 0 Å². The molecule has 0 spiro atoms. The lowest BCUT2D eigenvalue weighted by Crippen LogP contribution is -2.15. The molecule has 140 valence electrons. The van der Waals surface area contributed by atoms with Gasteiger partial charge in [-0.1, -0.05) is 0 Å². The van der Waals surface area contributed by atoms with Gasteiger partial charge in [-0.25, -0.2) is 4.79 Å². The predicted molar refractivity (Wildman–Crippen MR) is 100 cm³/mol. The van der Waals surface area contributed by atoms with E-state index in [-0.39, 0.29) is 24.2 Å². The number of amides is 1. The van der Waals surface area contributed by atoms with Crippen molar-refractivity contribution in [2.75, 3.05) is 11.9 Å². The number of esters is 1. The van der Waals surface area contributed by atoms with Crippen LogP contribution in [0.5, 0.6) is 0 Å². The molecule has 0 bridgehead atoms. The van der Waals surface area contributed by atoms with Gasteiger partial charge in [0.2, 0.25) is 5.91 Å². The van der Waals surface area contributed by atoms with Crippen molar-refractivity contribution in [3.8, 4) is 0 Å². The van der Waals surface area contributed by atoms with Crippen LogP contribution >= 0.6 is 0 Å². The Balaban J connectivity index is 1.45. The molecule has 1 fully saturated rings. The maximum Gasteiger partial charge on any atom is 0.340 e. The highest BCUT2D eigenvalue weighted by Gasteiger charge is 2.29. The van der Waals surface area contributed by atoms with Crippen molar-refractivity contribution in [3.05, 3.63) is 52.3 Å². The van der Waals surface area contributed by atoms with Crippen LogP contribution in [0, 0.1) is 13.8 Å². The Bertz CT molecular complexity index is 969. The molecule has 0 unspecified atom stereocenters. The van der Waals surface area contributed by atoms with Crippen molar-refractivity contribution in [2.45, 2.75) is 45.6 Å². The number of anilines is 1. The molecule has 2 aliphatic rings. The SMILES string of the molecule is Cc1cc(C(=O)OCC(=O)c2ccc3c(c2)[C@@H](C)C(=O)N3)c(C)n1C1CC1. The van der Waals surface area contributed by atoms with Crippen molar-refractivity contribution in [2.24, 2.45) is 0 Å². The van der Waals surface area contributed by atoms with E-state index in [4.69, 9.17) is 4.74 Å². The number of aryl methyl sites for hydroxylation is 1. The van der Waals surface area contributed by atoms with Crippen molar-refractivity contribution in [1.29, 1.82) is 0 Å². The number of rotatable bonds is 5. The second-order valence-corrected chi connectivity index (χ2v) is 7.40. The van der Waals surface area contributed by atoms with Gasteiger partial charge < -0.3 is 14.6 Å². The number of ketones is 1. The Morgan fingerprint density at radius 1 is 1.22 bits per heavy atom. The van der Waals surface area contributed by atoms with Crippen molar-refractivity contribution < 1.29 is 19.1 Å². The minimum absolute atomic E-state index is 0.0768. The van der Waals surface area contributed by atoms with Gasteiger partial charge in [0.1, 0.15) is 0 Å². The summed E-state index contributed by atoms with van der Waals surface area (Å²) in [6.07, 6.45) is 2.27. The molecule has 2 aromatic rings. The van der Waals surface area contributed by atoms with Gasteiger partial charge in [0.05, 0.1) is 11.5 Å². The third-order valence-corrected chi connectivity index (χ3v) is 5.44. The highest BCUT2D eigenvalue weighted by molar-refractivity contribution is 6.05. The first-order chi connectivity index (χ1) is 12.9. The maximum absolute atomic E-state index is 12.5. The van der Waals surface area contributed by atoms with E-state index in [0.29, 0.717) is 17.2 Å². The number of carbonyl (C=O) groups is 3. The number of benzene rings is 1. The lowest BCUT2D eigenvalue weighted by Gasteiger charge is -2.08. The molecule has 1 atom stereocenters. The summed E-state index contributed by atoms with van der Waals surface area (Å²) in [4.78, 5) is 36.6. The largest absolute Gasteiger partial charge is 0.454 e. The van der Waals surface area contributed by atoms with Crippen molar-refractivity contribution >= 4 is 23.3 Å². The standard InChI is InChI=1S/C21H22N2O4/c1-11-8-17(13(3)23(11)15-5-6-15)21(26)27-10-19(24)14-4-7-18-16(9-14)12(2)20(25)22-18/h4,7-9,12,15H,5-6,10H2,1-3H3,(H,22,25)/t12-/m1/s1. The quantitative estimate of drug-likeness (QED) is 0.649. The summed E-state index contributed by atoms with van der Waals surface area (Å²) >= 11 is 0. The summed E-state index contributed by atoms with van der Waals surface area (Å²) in [5.74, 6) is -1.13. The molecule has 1 aromatic heterocycles. The number of hydrogen-bond donors (Lipinski definition) is 1. The molecule has 1 aliphatic heterocycles. The molecule has 0 radical (unpaired) electrons. The van der Waals surface area contributed by atoms with Gasteiger partial charge in [0.15, 0.2) is 12.4 Å². The number of hydrogen-bond acceptors (Lipinski definition) is 4. The van der Waals surface area contributed by atoms with Gasteiger partial charge in [0.25, 0.3) is 0 Å².